The molecule has 108 valence electrons. The second-order valence-corrected chi connectivity index (χ2v) is 5.41. The first-order valence-electron chi connectivity index (χ1n) is 7.24. The molecule has 1 aliphatic rings. The number of carbonyl (C=O) groups excluding carboxylic acids is 1. The van der Waals surface area contributed by atoms with Crippen LogP contribution in [-0.2, 0) is 12.8 Å². The van der Waals surface area contributed by atoms with E-state index in [1.165, 1.54) is 43.0 Å². The smallest absolute Gasteiger partial charge is 0.173 e. The molecule has 0 bridgehead atoms. The molecule has 3 rings (SSSR count). The zero-order chi connectivity index (χ0) is 14.8. The van der Waals surface area contributed by atoms with Gasteiger partial charge in [-0.3, -0.25) is 4.79 Å². The van der Waals surface area contributed by atoms with Gasteiger partial charge in [0.25, 0.3) is 0 Å². The minimum atomic E-state index is -0.513. The maximum absolute atomic E-state index is 14.0. The van der Waals surface area contributed by atoms with Crippen molar-refractivity contribution in [3.8, 4) is 11.5 Å². The van der Waals surface area contributed by atoms with Gasteiger partial charge in [0.1, 0.15) is 5.75 Å². The molecule has 0 fully saturated rings. The van der Waals surface area contributed by atoms with Crippen molar-refractivity contribution in [3.63, 3.8) is 0 Å². The van der Waals surface area contributed by atoms with Gasteiger partial charge >= 0.3 is 0 Å². The molecule has 0 unspecified atom stereocenters. The first-order valence-corrected chi connectivity index (χ1v) is 7.24. The summed E-state index contributed by atoms with van der Waals surface area (Å²) >= 11 is 0. The lowest BCUT2D eigenvalue weighted by molar-refractivity contribution is 0.101. The summed E-state index contributed by atoms with van der Waals surface area (Å²) in [5.74, 6) is -0.119. The van der Waals surface area contributed by atoms with E-state index < -0.39 is 5.82 Å². The number of halogens is 1. The van der Waals surface area contributed by atoms with Crippen LogP contribution in [0.5, 0.6) is 11.5 Å². The van der Waals surface area contributed by atoms with Crippen LogP contribution in [0.15, 0.2) is 36.4 Å². The van der Waals surface area contributed by atoms with Crippen LogP contribution < -0.4 is 4.74 Å². The normalized spacial score (nSPS) is 13.6. The van der Waals surface area contributed by atoms with Crippen LogP contribution in [-0.4, -0.2) is 5.78 Å². The average molecular weight is 284 g/mol. The van der Waals surface area contributed by atoms with Crippen molar-refractivity contribution >= 4 is 5.78 Å². The van der Waals surface area contributed by atoms with Crippen molar-refractivity contribution in [3.05, 3.63) is 58.9 Å². The molecule has 0 radical (unpaired) electrons. The number of hydrogen-bond acceptors (Lipinski definition) is 2. The third-order valence-electron chi connectivity index (χ3n) is 3.89. The molecule has 0 N–H and O–H groups in total. The summed E-state index contributed by atoms with van der Waals surface area (Å²) in [4.78, 5) is 11.6. The Hall–Kier alpha value is -2.16. The van der Waals surface area contributed by atoms with E-state index in [1.54, 1.807) is 6.07 Å². The molecule has 1 aliphatic carbocycles. The molecule has 3 heteroatoms. The lowest BCUT2D eigenvalue weighted by Gasteiger charge is -2.17. The minimum Gasteiger partial charge on any atom is -0.454 e. The zero-order valence-corrected chi connectivity index (χ0v) is 12.0. The second kappa shape index (κ2) is 5.68. The molecule has 21 heavy (non-hydrogen) atoms. The Kier molecular flexibility index (Phi) is 3.74. The molecule has 0 amide bonds. The summed E-state index contributed by atoms with van der Waals surface area (Å²) in [5.41, 5.74) is 2.88. The van der Waals surface area contributed by atoms with E-state index in [1.807, 2.05) is 18.2 Å². The Morgan fingerprint density at radius 2 is 1.86 bits per heavy atom. The van der Waals surface area contributed by atoms with Crippen LogP contribution in [0, 0.1) is 5.82 Å². The summed E-state index contributed by atoms with van der Waals surface area (Å²) in [7, 11) is 0. The largest absolute Gasteiger partial charge is 0.454 e. The van der Waals surface area contributed by atoms with E-state index in [0.717, 1.165) is 12.8 Å². The van der Waals surface area contributed by atoms with Gasteiger partial charge in [-0.1, -0.05) is 12.1 Å². The lowest BCUT2D eigenvalue weighted by atomic mass is 9.92. The summed E-state index contributed by atoms with van der Waals surface area (Å²) in [5, 5.41) is 0. The number of Topliss-reactive ketones (excluding diaryl/α,β-unsaturated/α-hetero) is 1. The van der Waals surface area contributed by atoms with Gasteiger partial charge in [0.05, 0.1) is 5.56 Å². The van der Waals surface area contributed by atoms with Crippen molar-refractivity contribution in [2.24, 2.45) is 0 Å². The average Bonchev–Trinajstić information content (AvgIpc) is 2.49. The lowest BCUT2D eigenvalue weighted by Crippen LogP contribution is -2.03. The van der Waals surface area contributed by atoms with Crippen LogP contribution in [0.1, 0.15) is 41.3 Å². The molecule has 2 aromatic carbocycles. The Bertz CT molecular complexity index is 692. The first-order chi connectivity index (χ1) is 10.1. The van der Waals surface area contributed by atoms with E-state index >= 15 is 0 Å². The Balaban J connectivity index is 1.95. The van der Waals surface area contributed by atoms with E-state index in [9.17, 15) is 9.18 Å². The Labute approximate surface area is 123 Å². The monoisotopic (exact) mass is 284 g/mol. The summed E-state index contributed by atoms with van der Waals surface area (Å²) in [6, 6.07) is 10.3. The number of hydrogen-bond donors (Lipinski definition) is 0. The molecule has 2 aromatic rings. The number of para-hydroxylation sites is 1. The number of rotatable bonds is 3. The number of ketones is 1. The van der Waals surface area contributed by atoms with Crippen molar-refractivity contribution in [2.75, 3.05) is 0 Å². The number of benzene rings is 2. The Morgan fingerprint density at radius 1 is 1.10 bits per heavy atom. The molecule has 0 saturated heterocycles. The van der Waals surface area contributed by atoms with E-state index in [4.69, 9.17) is 4.74 Å². The van der Waals surface area contributed by atoms with E-state index in [-0.39, 0.29) is 17.1 Å². The first kappa shape index (κ1) is 13.8. The van der Waals surface area contributed by atoms with Gasteiger partial charge in [0.15, 0.2) is 17.3 Å². The van der Waals surface area contributed by atoms with E-state index in [2.05, 4.69) is 0 Å². The highest BCUT2D eigenvalue weighted by Gasteiger charge is 2.16. The molecule has 0 heterocycles. The Morgan fingerprint density at radius 3 is 2.62 bits per heavy atom. The van der Waals surface area contributed by atoms with Crippen molar-refractivity contribution in [1.29, 1.82) is 0 Å². The van der Waals surface area contributed by atoms with Crippen LogP contribution >= 0.6 is 0 Å². The molecule has 0 aromatic heterocycles. The molecule has 0 aliphatic heterocycles. The van der Waals surface area contributed by atoms with Crippen molar-refractivity contribution < 1.29 is 13.9 Å². The third-order valence-corrected chi connectivity index (χ3v) is 3.89. The van der Waals surface area contributed by atoms with Crippen LogP contribution in [0.4, 0.5) is 4.39 Å². The number of ether oxygens (including phenoxy) is 1. The fourth-order valence-corrected chi connectivity index (χ4v) is 2.78. The molecule has 2 nitrogen and oxygen atoms in total. The van der Waals surface area contributed by atoms with Gasteiger partial charge in [0.2, 0.25) is 0 Å². The summed E-state index contributed by atoms with van der Waals surface area (Å²) < 4.78 is 19.6. The number of fused-ring (bicyclic) bond motifs is 1. The van der Waals surface area contributed by atoms with Gasteiger partial charge in [-0.25, -0.2) is 4.39 Å². The van der Waals surface area contributed by atoms with Gasteiger partial charge in [-0.2, -0.15) is 0 Å². The maximum Gasteiger partial charge on any atom is 0.173 e. The molecule has 0 atom stereocenters. The number of aryl methyl sites for hydroxylation is 2. The highest BCUT2D eigenvalue weighted by molar-refractivity contribution is 5.96. The van der Waals surface area contributed by atoms with Crippen LogP contribution in [0.2, 0.25) is 0 Å². The van der Waals surface area contributed by atoms with Gasteiger partial charge in [0, 0.05) is 0 Å². The maximum atomic E-state index is 14.0. The van der Waals surface area contributed by atoms with Crippen LogP contribution in [0.25, 0.3) is 0 Å². The molecular weight excluding hydrogens is 267 g/mol. The summed E-state index contributed by atoms with van der Waals surface area (Å²) in [6.45, 7) is 1.41. The quantitative estimate of drug-likeness (QED) is 0.764. The fourth-order valence-electron chi connectivity index (χ4n) is 2.78. The zero-order valence-electron chi connectivity index (χ0n) is 12.0. The predicted octanol–water partition coefficient (Wildman–Crippen LogP) is 4.70. The van der Waals surface area contributed by atoms with Gasteiger partial charge < -0.3 is 4.74 Å². The number of carbonyl (C=O) groups is 1. The highest BCUT2D eigenvalue weighted by atomic mass is 19.1. The second-order valence-electron chi connectivity index (χ2n) is 5.41. The molecule has 0 spiro atoms. The SMILES string of the molecule is CC(=O)c1cccc(F)c1Oc1ccc2c(c1)CCCC2. The summed E-state index contributed by atoms with van der Waals surface area (Å²) in [6.07, 6.45) is 4.52. The predicted molar refractivity (Wildman–Crippen MR) is 79.6 cm³/mol. The standard InChI is InChI=1S/C18H17FO2/c1-12(20)16-7-4-8-17(19)18(16)21-15-10-9-13-5-2-3-6-14(13)11-15/h4,7-11H,2-3,5-6H2,1H3. The minimum absolute atomic E-state index is 0.0146. The molecule has 0 saturated carbocycles. The van der Waals surface area contributed by atoms with Crippen molar-refractivity contribution in [2.45, 2.75) is 32.6 Å². The van der Waals surface area contributed by atoms with E-state index in [0.29, 0.717) is 5.75 Å². The highest BCUT2D eigenvalue weighted by Crippen LogP contribution is 2.31. The van der Waals surface area contributed by atoms with Gasteiger partial charge in [-0.05, 0) is 68.0 Å². The fraction of sp³-hybridized carbons (Fsp3) is 0.278. The third kappa shape index (κ3) is 2.82. The molecular formula is C18H17FO2. The van der Waals surface area contributed by atoms with Gasteiger partial charge in [-0.15, -0.1) is 0 Å². The topological polar surface area (TPSA) is 26.3 Å². The van der Waals surface area contributed by atoms with Crippen LogP contribution in [0.3, 0.4) is 0 Å². The van der Waals surface area contributed by atoms with Crippen molar-refractivity contribution in [1.82, 2.24) is 0 Å².